The first-order valence-corrected chi connectivity index (χ1v) is 5.93. The maximum absolute atomic E-state index is 5.90. The number of para-hydroxylation sites is 2. The maximum atomic E-state index is 5.90. The van der Waals surface area contributed by atoms with Gasteiger partial charge in [-0.3, -0.25) is 0 Å². The second kappa shape index (κ2) is 3.98. The van der Waals surface area contributed by atoms with Gasteiger partial charge in [-0.2, -0.15) is 0 Å². The van der Waals surface area contributed by atoms with Crippen LogP contribution in [0.1, 0.15) is 12.8 Å². The Hall–Kier alpha value is -1.22. The molecule has 2 aliphatic heterocycles. The van der Waals surface area contributed by atoms with Gasteiger partial charge in [-0.05, 0) is 31.5 Å². The van der Waals surface area contributed by atoms with Crippen LogP contribution in [0.5, 0.6) is 11.5 Å². The Balaban J connectivity index is 1.82. The molecule has 0 unspecified atom stereocenters. The van der Waals surface area contributed by atoms with E-state index in [9.17, 15) is 0 Å². The average molecular weight is 219 g/mol. The largest absolute Gasteiger partial charge is 0.490 e. The summed E-state index contributed by atoms with van der Waals surface area (Å²) in [5.41, 5.74) is 0.285. The molecule has 1 saturated heterocycles. The number of benzene rings is 1. The minimum absolute atomic E-state index is 0.285. The molecule has 0 bridgehead atoms. The highest BCUT2D eigenvalue weighted by atomic mass is 16.5. The Labute approximate surface area is 95.8 Å². The molecule has 86 valence electrons. The van der Waals surface area contributed by atoms with Crippen LogP contribution in [-0.2, 0) is 0 Å². The fourth-order valence-electron chi connectivity index (χ4n) is 2.50. The van der Waals surface area contributed by atoms with E-state index in [0.29, 0.717) is 0 Å². The molecule has 1 spiro atoms. The van der Waals surface area contributed by atoms with E-state index in [-0.39, 0.29) is 5.41 Å². The van der Waals surface area contributed by atoms with E-state index in [1.807, 2.05) is 24.3 Å². The van der Waals surface area contributed by atoms with Gasteiger partial charge in [0.15, 0.2) is 11.5 Å². The Morgan fingerprint density at radius 2 is 1.88 bits per heavy atom. The van der Waals surface area contributed by atoms with Gasteiger partial charge in [0.05, 0.1) is 13.2 Å². The zero-order valence-corrected chi connectivity index (χ0v) is 9.37. The quantitative estimate of drug-likeness (QED) is 0.722. The fourth-order valence-corrected chi connectivity index (χ4v) is 2.50. The first kappa shape index (κ1) is 9.97. The third-order valence-electron chi connectivity index (χ3n) is 3.61. The van der Waals surface area contributed by atoms with Gasteiger partial charge >= 0.3 is 0 Å². The third-order valence-corrected chi connectivity index (χ3v) is 3.61. The predicted octanol–water partition coefficient (Wildman–Crippen LogP) is 1.83. The number of nitrogens with one attached hydrogen (secondary N) is 1. The molecule has 0 radical (unpaired) electrons. The standard InChI is InChI=1S/C13H17NO2/c1-2-4-12-11(3-1)15-8-6-13(10-16-12)5-7-14-9-13/h1-4,14H,5-10H2/t13-/m1/s1. The van der Waals surface area contributed by atoms with E-state index in [2.05, 4.69) is 5.32 Å². The molecule has 0 saturated carbocycles. The number of hydrogen-bond acceptors (Lipinski definition) is 3. The van der Waals surface area contributed by atoms with Crippen LogP contribution < -0.4 is 14.8 Å². The third kappa shape index (κ3) is 1.76. The molecule has 2 heterocycles. The lowest BCUT2D eigenvalue weighted by atomic mass is 9.84. The van der Waals surface area contributed by atoms with Crippen molar-refractivity contribution in [3.8, 4) is 11.5 Å². The summed E-state index contributed by atoms with van der Waals surface area (Å²) in [5.74, 6) is 1.76. The zero-order valence-electron chi connectivity index (χ0n) is 9.37. The second-order valence-electron chi connectivity index (χ2n) is 4.76. The van der Waals surface area contributed by atoms with E-state index in [1.165, 1.54) is 6.42 Å². The van der Waals surface area contributed by atoms with E-state index in [0.717, 1.165) is 44.2 Å². The molecular formula is C13H17NO2. The number of fused-ring (bicyclic) bond motifs is 1. The molecule has 3 heteroatoms. The van der Waals surface area contributed by atoms with Gasteiger partial charge in [0.1, 0.15) is 0 Å². The Bertz CT molecular complexity index is 372. The van der Waals surface area contributed by atoms with Crippen LogP contribution >= 0.6 is 0 Å². The average Bonchev–Trinajstić information content (AvgIpc) is 2.75. The molecule has 0 aromatic heterocycles. The van der Waals surface area contributed by atoms with Gasteiger partial charge in [0.2, 0.25) is 0 Å². The normalized spacial score (nSPS) is 28.8. The lowest BCUT2D eigenvalue weighted by Crippen LogP contribution is -2.34. The van der Waals surface area contributed by atoms with E-state index < -0.39 is 0 Å². The summed E-state index contributed by atoms with van der Waals surface area (Å²) in [6, 6.07) is 7.93. The van der Waals surface area contributed by atoms with Crippen molar-refractivity contribution in [1.82, 2.24) is 5.32 Å². The molecule has 1 fully saturated rings. The summed E-state index contributed by atoms with van der Waals surface area (Å²) in [4.78, 5) is 0. The van der Waals surface area contributed by atoms with Crippen LogP contribution in [0.2, 0.25) is 0 Å². The summed E-state index contributed by atoms with van der Waals surface area (Å²) in [6.07, 6.45) is 2.27. The highest BCUT2D eigenvalue weighted by molar-refractivity contribution is 5.39. The summed E-state index contributed by atoms with van der Waals surface area (Å²) in [7, 11) is 0. The van der Waals surface area contributed by atoms with Gasteiger partial charge in [-0.1, -0.05) is 12.1 Å². The van der Waals surface area contributed by atoms with Crippen molar-refractivity contribution >= 4 is 0 Å². The Morgan fingerprint density at radius 3 is 2.62 bits per heavy atom. The second-order valence-corrected chi connectivity index (χ2v) is 4.76. The first-order chi connectivity index (χ1) is 7.88. The van der Waals surface area contributed by atoms with E-state index in [4.69, 9.17) is 9.47 Å². The SMILES string of the molecule is c1ccc2c(c1)OCC[C@@]1(CCNC1)CO2. The summed E-state index contributed by atoms with van der Waals surface area (Å²) in [6.45, 7) is 3.76. The molecule has 1 aromatic carbocycles. The zero-order chi connectivity index (χ0) is 10.8. The topological polar surface area (TPSA) is 30.5 Å². The number of hydrogen-bond donors (Lipinski definition) is 1. The van der Waals surface area contributed by atoms with E-state index in [1.54, 1.807) is 0 Å². The monoisotopic (exact) mass is 219 g/mol. The molecule has 3 nitrogen and oxygen atoms in total. The van der Waals surface area contributed by atoms with E-state index >= 15 is 0 Å². The van der Waals surface area contributed by atoms with Crippen molar-refractivity contribution in [1.29, 1.82) is 0 Å². The summed E-state index contributed by atoms with van der Waals surface area (Å²) >= 11 is 0. The Kier molecular flexibility index (Phi) is 2.48. The molecule has 1 atom stereocenters. The summed E-state index contributed by atoms with van der Waals surface area (Å²) in [5, 5.41) is 3.42. The molecule has 1 N–H and O–H groups in total. The fraction of sp³-hybridized carbons (Fsp3) is 0.538. The number of ether oxygens (including phenoxy) is 2. The summed E-state index contributed by atoms with van der Waals surface area (Å²) < 4.78 is 11.7. The molecule has 2 aliphatic rings. The molecular weight excluding hydrogens is 202 g/mol. The van der Waals surface area contributed by atoms with Crippen molar-refractivity contribution in [2.24, 2.45) is 5.41 Å². The van der Waals surface area contributed by atoms with Crippen LogP contribution in [-0.4, -0.2) is 26.3 Å². The van der Waals surface area contributed by atoms with Crippen molar-refractivity contribution in [3.63, 3.8) is 0 Å². The van der Waals surface area contributed by atoms with Crippen molar-refractivity contribution in [2.45, 2.75) is 12.8 Å². The molecule has 0 amide bonds. The molecule has 16 heavy (non-hydrogen) atoms. The highest BCUT2D eigenvalue weighted by Gasteiger charge is 2.35. The lowest BCUT2D eigenvalue weighted by Gasteiger charge is -2.30. The van der Waals surface area contributed by atoms with Crippen LogP contribution in [0, 0.1) is 5.41 Å². The lowest BCUT2D eigenvalue weighted by molar-refractivity contribution is 0.105. The predicted molar refractivity (Wildman–Crippen MR) is 62.0 cm³/mol. The van der Waals surface area contributed by atoms with Crippen LogP contribution in [0.25, 0.3) is 0 Å². The van der Waals surface area contributed by atoms with Gasteiger partial charge in [-0.25, -0.2) is 0 Å². The minimum Gasteiger partial charge on any atom is -0.490 e. The Morgan fingerprint density at radius 1 is 1.06 bits per heavy atom. The van der Waals surface area contributed by atoms with Crippen LogP contribution in [0.15, 0.2) is 24.3 Å². The minimum atomic E-state index is 0.285. The van der Waals surface area contributed by atoms with Gasteiger partial charge in [-0.15, -0.1) is 0 Å². The van der Waals surface area contributed by atoms with Crippen LogP contribution in [0.3, 0.4) is 0 Å². The molecule has 1 aromatic rings. The van der Waals surface area contributed by atoms with Crippen molar-refractivity contribution < 1.29 is 9.47 Å². The van der Waals surface area contributed by atoms with Gasteiger partial charge in [0, 0.05) is 12.0 Å². The van der Waals surface area contributed by atoms with Crippen LogP contribution in [0.4, 0.5) is 0 Å². The molecule has 0 aliphatic carbocycles. The highest BCUT2D eigenvalue weighted by Crippen LogP contribution is 2.36. The number of rotatable bonds is 0. The maximum Gasteiger partial charge on any atom is 0.161 e. The van der Waals surface area contributed by atoms with Crippen molar-refractivity contribution in [2.75, 3.05) is 26.3 Å². The van der Waals surface area contributed by atoms with Gasteiger partial charge < -0.3 is 14.8 Å². The molecule has 3 rings (SSSR count). The van der Waals surface area contributed by atoms with Gasteiger partial charge in [0.25, 0.3) is 0 Å². The first-order valence-electron chi connectivity index (χ1n) is 5.93. The van der Waals surface area contributed by atoms with Crippen molar-refractivity contribution in [3.05, 3.63) is 24.3 Å². The smallest absolute Gasteiger partial charge is 0.161 e.